The molecule has 1 aromatic carbocycles. The number of carbonyl (C=O) groups excluding carboxylic acids is 1. The summed E-state index contributed by atoms with van der Waals surface area (Å²) in [5.74, 6) is 0.323. The summed E-state index contributed by atoms with van der Waals surface area (Å²) in [6, 6.07) is 7.49. The molecular weight excluding hydrogens is 336 g/mol. The maximum atomic E-state index is 12.7. The SMILES string of the molecule is Cc1ccc(C)c(N2CCN(CC(=O)N3CCN(C4CCC4)CC3)CC2)c1. The molecule has 0 aromatic heterocycles. The summed E-state index contributed by atoms with van der Waals surface area (Å²) in [5, 5.41) is 0. The van der Waals surface area contributed by atoms with Crippen LogP contribution in [0.1, 0.15) is 30.4 Å². The Morgan fingerprint density at radius 2 is 1.67 bits per heavy atom. The molecule has 0 radical (unpaired) electrons. The maximum absolute atomic E-state index is 12.7. The second-order valence-corrected chi connectivity index (χ2v) is 8.55. The number of hydrogen-bond acceptors (Lipinski definition) is 4. The van der Waals surface area contributed by atoms with Gasteiger partial charge in [0.25, 0.3) is 0 Å². The van der Waals surface area contributed by atoms with E-state index in [1.165, 1.54) is 36.1 Å². The molecule has 2 heterocycles. The molecular formula is C22H34N4O. The zero-order valence-electron chi connectivity index (χ0n) is 17.0. The first-order valence-corrected chi connectivity index (χ1v) is 10.7. The highest BCUT2D eigenvalue weighted by Crippen LogP contribution is 2.26. The standard InChI is InChI=1S/C22H34N4O/c1-18-6-7-19(2)21(16-18)25-10-8-23(9-11-25)17-22(27)26-14-12-24(13-15-26)20-4-3-5-20/h6-7,16,20H,3-5,8-15,17H2,1-2H3. The molecule has 0 unspecified atom stereocenters. The van der Waals surface area contributed by atoms with E-state index in [0.29, 0.717) is 12.5 Å². The van der Waals surface area contributed by atoms with Crippen molar-refractivity contribution in [1.29, 1.82) is 0 Å². The number of amides is 1. The van der Waals surface area contributed by atoms with Gasteiger partial charge in [-0.2, -0.15) is 0 Å². The van der Waals surface area contributed by atoms with Crippen molar-refractivity contribution in [3.63, 3.8) is 0 Å². The van der Waals surface area contributed by atoms with Crippen LogP contribution in [-0.4, -0.2) is 85.6 Å². The third-order valence-electron chi connectivity index (χ3n) is 6.69. The minimum Gasteiger partial charge on any atom is -0.369 e. The predicted octanol–water partition coefficient (Wildman–Crippen LogP) is 2.12. The average Bonchev–Trinajstić information content (AvgIpc) is 2.64. The number of piperazine rings is 2. The van der Waals surface area contributed by atoms with Crippen LogP contribution >= 0.6 is 0 Å². The topological polar surface area (TPSA) is 30.0 Å². The van der Waals surface area contributed by atoms with Gasteiger partial charge >= 0.3 is 0 Å². The van der Waals surface area contributed by atoms with Gasteiger partial charge in [-0.25, -0.2) is 0 Å². The second-order valence-electron chi connectivity index (χ2n) is 8.55. The molecule has 1 amide bonds. The molecule has 1 aliphatic carbocycles. The van der Waals surface area contributed by atoms with Crippen LogP contribution in [0.25, 0.3) is 0 Å². The zero-order chi connectivity index (χ0) is 18.8. The molecule has 1 aromatic rings. The summed E-state index contributed by atoms with van der Waals surface area (Å²) in [7, 11) is 0. The van der Waals surface area contributed by atoms with E-state index < -0.39 is 0 Å². The first kappa shape index (κ1) is 18.8. The molecule has 5 heteroatoms. The second kappa shape index (κ2) is 8.19. The smallest absolute Gasteiger partial charge is 0.236 e. The monoisotopic (exact) mass is 370 g/mol. The Morgan fingerprint density at radius 3 is 2.30 bits per heavy atom. The van der Waals surface area contributed by atoms with Gasteiger partial charge in [-0.3, -0.25) is 14.6 Å². The quantitative estimate of drug-likeness (QED) is 0.812. The summed E-state index contributed by atoms with van der Waals surface area (Å²) in [6.07, 6.45) is 4.11. The van der Waals surface area contributed by atoms with E-state index in [0.717, 1.165) is 58.4 Å². The third kappa shape index (κ3) is 4.30. The lowest BCUT2D eigenvalue weighted by Crippen LogP contribution is -2.56. The molecule has 0 spiro atoms. The summed E-state index contributed by atoms with van der Waals surface area (Å²) >= 11 is 0. The van der Waals surface area contributed by atoms with Crippen LogP contribution in [0.5, 0.6) is 0 Å². The molecule has 1 saturated carbocycles. The lowest BCUT2D eigenvalue weighted by Gasteiger charge is -2.43. The van der Waals surface area contributed by atoms with Gasteiger partial charge < -0.3 is 9.80 Å². The zero-order valence-corrected chi connectivity index (χ0v) is 17.0. The molecule has 4 rings (SSSR count). The van der Waals surface area contributed by atoms with E-state index in [1.807, 2.05) is 0 Å². The maximum Gasteiger partial charge on any atom is 0.236 e. The summed E-state index contributed by atoms with van der Waals surface area (Å²) in [5.41, 5.74) is 4.01. The molecule has 27 heavy (non-hydrogen) atoms. The number of carbonyl (C=O) groups is 1. The van der Waals surface area contributed by atoms with Gasteiger partial charge in [0.15, 0.2) is 0 Å². The van der Waals surface area contributed by atoms with Gasteiger partial charge in [0, 0.05) is 64.1 Å². The number of nitrogens with zero attached hydrogens (tertiary/aromatic N) is 4. The average molecular weight is 371 g/mol. The van der Waals surface area contributed by atoms with Crippen LogP contribution in [0.3, 0.4) is 0 Å². The third-order valence-corrected chi connectivity index (χ3v) is 6.69. The number of aryl methyl sites for hydroxylation is 2. The first-order chi connectivity index (χ1) is 13.1. The van der Waals surface area contributed by atoms with Crippen LogP contribution in [0.4, 0.5) is 5.69 Å². The van der Waals surface area contributed by atoms with Crippen molar-refractivity contribution < 1.29 is 4.79 Å². The van der Waals surface area contributed by atoms with Crippen molar-refractivity contribution in [3.05, 3.63) is 29.3 Å². The summed E-state index contributed by atoms with van der Waals surface area (Å²) in [4.78, 5) is 22.2. The minimum atomic E-state index is 0.323. The van der Waals surface area contributed by atoms with Gasteiger partial charge in [-0.05, 0) is 43.9 Å². The Hall–Kier alpha value is -1.59. The van der Waals surface area contributed by atoms with Crippen molar-refractivity contribution in [1.82, 2.24) is 14.7 Å². The Labute approximate surface area is 163 Å². The van der Waals surface area contributed by atoms with Crippen LogP contribution in [0.15, 0.2) is 18.2 Å². The molecule has 3 fully saturated rings. The van der Waals surface area contributed by atoms with Crippen LogP contribution in [0, 0.1) is 13.8 Å². The molecule has 148 valence electrons. The fourth-order valence-electron chi connectivity index (χ4n) is 4.59. The Balaban J connectivity index is 1.23. The largest absolute Gasteiger partial charge is 0.369 e. The van der Waals surface area contributed by atoms with Crippen molar-refractivity contribution in [2.24, 2.45) is 0 Å². The molecule has 0 bridgehead atoms. The fourth-order valence-corrected chi connectivity index (χ4v) is 4.59. The van der Waals surface area contributed by atoms with E-state index >= 15 is 0 Å². The molecule has 2 saturated heterocycles. The number of anilines is 1. The van der Waals surface area contributed by atoms with Gasteiger partial charge in [-0.15, -0.1) is 0 Å². The van der Waals surface area contributed by atoms with E-state index in [-0.39, 0.29) is 0 Å². The molecule has 3 aliphatic rings. The van der Waals surface area contributed by atoms with Crippen LogP contribution in [-0.2, 0) is 4.79 Å². The Kier molecular flexibility index (Phi) is 5.69. The van der Waals surface area contributed by atoms with E-state index in [9.17, 15) is 4.79 Å². The van der Waals surface area contributed by atoms with Crippen LogP contribution in [0.2, 0.25) is 0 Å². The lowest BCUT2D eigenvalue weighted by molar-refractivity contribution is -0.134. The molecule has 2 aliphatic heterocycles. The molecule has 0 N–H and O–H groups in total. The van der Waals surface area contributed by atoms with Crippen LogP contribution < -0.4 is 4.90 Å². The summed E-state index contributed by atoms with van der Waals surface area (Å²) in [6.45, 7) is 12.9. The number of hydrogen-bond donors (Lipinski definition) is 0. The fraction of sp³-hybridized carbons (Fsp3) is 0.682. The highest BCUT2D eigenvalue weighted by molar-refractivity contribution is 5.78. The van der Waals surface area contributed by atoms with Gasteiger partial charge in [0.05, 0.1) is 6.54 Å². The molecule has 0 atom stereocenters. The highest BCUT2D eigenvalue weighted by Gasteiger charge is 2.30. The van der Waals surface area contributed by atoms with Crippen molar-refractivity contribution in [2.45, 2.75) is 39.2 Å². The van der Waals surface area contributed by atoms with Gasteiger partial charge in [0.1, 0.15) is 0 Å². The summed E-state index contributed by atoms with van der Waals surface area (Å²) < 4.78 is 0. The van der Waals surface area contributed by atoms with Crippen molar-refractivity contribution in [3.8, 4) is 0 Å². The normalized spacial score (nSPS) is 22.7. The molecule has 5 nitrogen and oxygen atoms in total. The Bertz CT molecular complexity index is 656. The van der Waals surface area contributed by atoms with Crippen molar-refractivity contribution in [2.75, 3.05) is 63.8 Å². The van der Waals surface area contributed by atoms with E-state index in [1.54, 1.807) is 0 Å². The highest BCUT2D eigenvalue weighted by atomic mass is 16.2. The van der Waals surface area contributed by atoms with Gasteiger partial charge in [-0.1, -0.05) is 18.6 Å². The number of rotatable bonds is 4. The van der Waals surface area contributed by atoms with E-state index in [4.69, 9.17) is 0 Å². The predicted molar refractivity (Wildman–Crippen MR) is 110 cm³/mol. The minimum absolute atomic E-state index is 0.323. The Morgan fingerprint density at radius 1 is 0.963 bits per heavy atom. The number of benzene rings is 1. The lowest BCUT2D eigenvalue weighted by atomic mass is 9.91. The van der Waals surface area contributed by atoms with Gasteiger partial charge in [0.2, 0.25) is 5.91 Å². The van der Waals surface area contributed by atoms with Crippen molar-refractivity contribution >= 4 is 11.6 Å². The first-order valence-electron chi connectivity index (χ1n) is 10.7. The van der Waals surface area contributed by atoms with E-state index in [2.05, 4.69) is 51.6 Å².